The van der Waals surface area contributed by atoms with E-state index in [1.807, 2.05) is 6.07 Å². The molecule has 0 bridgehead atoms. The lowest BCUT2D eigenvalue weighted by atomic mass is 10.1. The van der Waals surface area contributed by atoms with Gasteiger partial charge in [-0.3, -0.25) is 4.98 Å². The number of alkyl halides is 2. The van der Waals surface area contributed by atoms with Crippen LogP contribution in [-0.2, 0) is 6.42 Å². The van der Waals surface area contributed by atoms with E-state index in [1.54, 1.807) is 0 Å². The summed E-state index contributed by atoms with van der Waals surface area (Å²) < 4.78 is 24.2. The third kappa shape index (κ3) is 2.12. The number of pyridine rings is 1. The van der Waals surface area contributed by atoms with E-state index < -0.39 is 6.43 Å². The van der Waals surface area contributed by atoms with E-state index in [-0.39, 0.29) is 17.8 Å². The highest BCUT2D eigenvalue weighted by molar-refractivity contribution is 5.47. The molecule has 0 aliphatic rings. The molecule has 1 rings (SSSR count). The van der Waals surface area contributed by atoms with Crippen molar-refractivity contribution in [1.29, 1.82) is 5.26 Å². The lowest BCUT2D eigenvalue weighted by molar-refractivity contribution is 0.146. The molecule has 3 nitrogen and oxygen atoms in total. The van der Waals surface area contributed by atoms with Crippen molar-refractivity contribution in [2.24, 2.45) is 0 Å². The van der Waals surface area contributed by atoms with Crippen molar-refractivity contribution in [2.75, 3.05) is 5.73 Å². The Hall–Kier alpha value is -1.70. The minimum Gasteiger partial charge on any atom is -0.398 e. The minimum atomic E-state index is -2.63. The number of aromatic nitrogens is 1. The summed E-state index contributed by atoms with van der Waals surface area (Å²) in [6, 6.07) is 2.96. The molecule has 0 radical (unpaired) electrons. The largest absolute Gasteiger partial charge is 0.398 e. The Balaban J connectivity index is 3.00. The van der Waals surface area contributed by atoms with Crippen LogP contribution in [0.2, 0.25) is 0 Å². The van der Waals surface area contributed by atoms with Crippen LogP contribution < -0.4 is 5.73 Å². The van der Waals surface area contributed by atoms with E-state index >= 15 is 0 Å². The van der Waals surface area contributed by atoms with E-state index in [4.69, 9.17) is 11.0 Å². The number of anilines is 1. The lowest BCUT2D eigenvalue weighted by Crippen LogP contribution is -1.98. The zero-order valence-corrected chi connectivity index (χ0v) is 6.67. The first-order chi connectivity index (χ1) is 6.15. The van der Waals surface area contributed by atoms with Crippen LogP contribution in [0.5, 0.6) is 0 Å². The van der Waals surface area contributed by atoms with Crippen molar-refractivity contribution in [1.82, 2.24) is 4.98 Å². The molecule has 1 aromatic heterocycles. The van der Waals surface area contributed by atoms with E-state index in [1.165, 1.54) is 6.20 Å². The van der Waals surface area contributed by atoms with Crippen molar-refractivity contribution in [3.63, 3.8) is 0 Å². The molecule has 0 amide bonds. The van der Waals surface area contributed by atoms with Gasteiger partial charge in [0, 0.05) is 17.4 Å². The molecule has 0 aliphatic heterocycles. The topological polar surface area (TPSA) is 62.7 Å². The summed E-state index contributed by atoms with van der Waals surface area (Å²) >= 11 is 0. The average Bonchev–Trinajstić information content (AvgIpc) is 2.08. The van der Waals surface area contributed by atoms with Crippen LogP contribution in [0.15, 0.2) is 12.3 Å². The number of nitriles is 1. The molecule has 0 saturated carbocycles. The number of hydrogen-bond acceptors (Lipinski definition) is 3. The van der Waals surface area contributed by atoms with Crippen molar-refractivity contribution >= 4 is 5.69 Å². The monoisotopic (exact) mass is 183 g/mol. The highest BCUT2D eigenvalue weighted by Gasteiger charge is 2.10. The fourth-order valence-electron chi connectivity index (χ4n) is 0.868. The summed E-state index contributed by atoms with van der Waals surface area (Å²) in [5.41, 5.74) is 5.72. The second-order valence-electron chi connectivity index (χ2n) is 2.44. The summed E-state index contributed by atoms with van der Waals surface area (Å²) in [5, 5.41) is 8.34. The molecule has 0 aliphatic carbocycles. The SMILES string of the molecule is N#CCc1cnc(C(F)F)cc1N. The van der Waals surface area contributed by atoms with Crippen molar-refractivity contribution in [3.05, 3.63) is 23.5 Å². The smallest absolute Gasteiger partial charge is 0.280 e. The molecule has 68 valence electrons. The van der Waals surface area contributed by atoms with Crippen LogP contribution in [0.3, 0.4) is 0 Å². The number of nitrogens with zero attached hydrogens (tertiary/aromatic N) is 2. The van der Waals surface area contributed by atoms with Gasteiger partial charge in [0.1, 0.15) is 5.69 Å². The van der Waals surface area contributed by atoms with Gasteiger partial charge in [-0.25, -0.2) is 8.78 Å². The Kier molecular flexibility index (Phi) is 2.75. The predicted molar refractivity (Wildman–Crippen MR) is 42.9 cm³/mol. The number of hydrogen-bond donors (Lipinski definition) is 1. The Morgan fingerprint density at radius 1 is 1.62 bits per heavy atom. The predicted octanol–water partition coefficient (Wildman–Crippen LogP) is 1.67. The second-order valence-corrected chi connectivity index (χ2v) is 2.44. The van der Waals surface area contributed by atoms with Crippen LogP contribution >= 0.6 is 0 Å². The Bertz CT molecular complexity index is 344. The van der Waals surface area contributed by atoms with Crippen molar-refractivity contribution in [2.45, 2.75) is 12.8 Å². The molecule has 0 spiro atoms. The maximum Gasteiger partial charge on any atom is 0.280 e. The molecular weight excluding hydrogens is 176 g/mol. The molecule has 13 heavy (non-hydrogen) atoms. The molecule has 5 heteroatoms. The summed E-state index contributed by atoms with van der Waals surface area (Å²) in [5.74, 6) is 0. The van der Waals surface area contributed by atoms with Gasteiger partial charge < -0.3 is 5.73 Å². The molecule has 0 aromatic carbocycles. The van der Waals surface area contributed by atoms with Crippen LogP contribution in [0, 0.1) is 11.3 Å². The van der Waals surface area contributed by atoms with Crippen LogP contribution in [-0.4, -0.2) is 4.98 Å². The normalized spacial score (nSPS) is 10.0. The van der Waals surface area contributed by atoms with Crippen LogP contribution in [0.25, 0.3) is 0 Å². The Morgan fingerprint density at radius 2 is 2.31 bits per heavy atom. The molecule has 1 aromatic rings. The molecule has 0 fully saturated rings. The maximum atomic E-state index is 12.1. The van der Waals surface area contributed by atoms with E-state index in [0.717, 1.165) is 6.07 Å². The van der Waals surface area contributed by atoms with Gasteiger partial charge in [0.2, 0.25) is 0 Å². The second kappa shape index (κ2) is 3.81. The van der Waals surface area contributed by atoms with Gasteiger partial charge in [0.15, 0.2) is 0 Å². The molecule has 2 N–H and O–H groups in total. The Labute approximate surface area is 73.8 Å². The zero-order valence-electron chi connectivity index (χ0n) is 6.67. The van der Waals surface area contributed by atoms with E-state index in [9.17, 15) is 8.78 Å². The van der Waals surface area contributed by atoms with Gasteiger partial charge in [-0.15, -0.1) is 0 Å². The molecule has 0 saturated heterocycles. The highest BCUT2D eigenvalue weighted by atomic mass is 19.3. The van der Waals surface area contributed by atoms with Gasteiger partial charge in [0.25, 0.3) is 6.43 Å². The minimum absolute atomic E-state index is 0.0857. The molecule has 0 atom stereocenters. The third-order valence-electron chi connectivity index (χ3n) is 1.54. The van der Waals surface area contributed by atoms with Crippen molar-refractivity contribution < 1.29 is 8.78 Å². The summed E-state index contributed by atoms with van der Waals surface area (Å²) in [6.07, 6.45) is -1.33. The van der Waals surface area contributed by atoms with Crippen molar-refractivity contribution in [3.8, 4) is 6.07 Å². The number of nitrogens with two attached hydrogens (primary N) is 1. The van der Waals surface area contributed by atoms with Gasteiger partial charge in [-0.1, -0.05) is 0 Å². The standard InChI is InChI=1S/C8H7F2N3/c9-8(10)7-3-6(12)5(1-2-11)4-13-7/h3-4,8H,1H2,(H2,12,13). The number of nitrogen functional groups attached to an aromatic ring is 1. The van der Waals surface area contributed by atoms with Gasteiger partial charge in [0.05, 0.1) is 12.5 Å². The first-order valence-corrected chi connectivity index (χ1v) is 3.54. The first kappa shape index (κ1) is 9.39. The molecular formula is C8H7F2N3. The average molecular weight is 183 g/mol. The summed E-state index contributed by atoms with van der Waals surface area (Å²) in [4.78, 5) is 3.48. The molecule has 1 heterocycles. The fourth-order valence-corrected chi connectivity index (χ4v) is 0.868. The third-order valence-corrected chi connectivity index (χ3v) is 1.54. The Morgan fingerprint density at radius 3 is 2.77 bits per heavy atom. The van der Waals surface area contributed by atoms with E-state index in [0.29, 0.717) is 5.56 Å². The quantitative estimate of drug-likeness (QED) is 0.758. The summed E-state index contributed by atoms with van der Waals surface area (Å²) in [7, 11) is 0. The number of halogens is 2. The fraction of sp³-hybridized carbons (Fsp3) is 0.250. The number of rotatable bonds is 2. The summed E-state index contributed by atoms with van der Waals surface area (Å²) in [6.45, 7) is 0. The first-order valence-electron chi connectivity index (χ1n) is 3.54. The van der Waals surface area contributed by atoms with Gasteiger partial charge in [-0.2, -0.15) is 5.26 Å². The van der Waals surface area contributed by atoms with Gasteiger partial charge >= 0.3 is 0 Å². The molecule has 0 unspecified atom stereocenters. The van der Waals surface area contributed by atoms with E-state index in [2.05, 4.69) is 4.98 Å². The highest BCUT2D eigenvalue weighted by Crippen LogP contribution is 2.20. The van der Waals surface area contributed by atoms with Gasteiger partial charge in [-0.05, 0) is 6.07 Å². The van der Waals surface area contributed by atoms with Crippen LogP contribution in [0.4, 0.5) is 14.5 Å². The zero-order chi connectivity index (χ0) is 9.84. The maximum absolute atomic E-state index is 12.1. The van der Waals surface area contributed by atoms with Crippen LogP contribution in [0.1, 0.15) is 17.7 Å². The lowest BCUT2D eigenvalue weighted by Gasteiger charge is -2.03.